The highest BCUT2D eigenvalue weighted by Gasteiger charge is 2.20. The molecule has 0 aliphatic rings. The second-order valence-corrected chi connectivity index (χ2v) is 6.25. The Balaban J connectivity index is 1.93. The van der Waals surface area contributed by atoms with Crippen molar-refractivity contribution in [2.24, 2.45) is 0 Å². The van der Waals surface area contributed by atoms with Crippen LogP contribution in [0.15, 0.2) is 18.2 Å². The number of aryl methyl sites for hydroxylation is 2. The lowest BCUT2D eigenvalue weighted by atomic mass is 10.1. The van der Waals surface area contributed by atoms with Gasteiger partial charge in [0.25, 0.3) is 0 Å². The predicted molar refractivity (Wildman–Crippen MR) is 97.0 cm³/mol. The summed E-state index contributed by atoms with van der Waals surface area (Å²) in [6.07, 6.45) is 0. The Labute approximate surface area is 152 Å². The molecule has 0 saturated heterocycles. The highest BCUT2D eigenvalue weighted by atomic mass is 16.6. The summed E-state index contributed by atoms with van der Waals surface area (Å²) in [4.78, 5) is 38.6. The molecule has 0 amide bonds. The smallest absolute Gasteiger partial charge is 0.344 e. The van der Waals surface area contributed by atoms with E-state index in [4.69, 9.17) is 9.47 Å². The number of benzene rings is 1. The number of carbonyl (C=O) groups excluding carboxylic acids is 3. The van der Waals surface area contributed by atoms with Gasteiger partial charge in [-0.25, -0.2) is 4.79 Å². The van der Waals surface area contributed by atoms with Crippen molar-refractivity contribution in [1.82, 2.24) is 4.98 Å². The van der Waals surface area contributed by atoms with Crippen LogP contribution in [0.5, 0.6) is 5.75 Å². The first kappa shape index (κ1) is 19.4. The maximum absolute atomic E-state index is 12.3. The van der Waals surface area contributed by atoms with Crippen molar-refractivity contribution in [2.45, 2.75) is 34.6 Å². The van der Waals surface area contributed by atoms with Crippen molar-refractivity contribution >= 4 is 17.5 Å². The molecule has 0 fully saturated rings. The van der Waals surface area contributed by atoms with Crippen molar-refractivity contribution < 1.29 is 23.9 Å². The summed E-state index contributed by atoms with van der Waals surface area (Å²) < 4.78 is 10.5. The van der Waals surface area contributed by atoms with Gasteiger partial charge in [-0.15, -0.1) is 0 Å². The summed E-state index contributed by atoms with van der Waals surface area (Å²) in [5.41, 5.74) is 4.00. The Morgan fingerprint density at radius 3 is 2.31 bits per heavy atom. The largest absolute Gasteiger partial charge is 0.482 e. The van der Waals surface area contributed by atoms with Crippen LogP contribution in [0.2, 0.25) is 0 Å². The van der Waals surface area contributed by atoms with Gasteiger partial charge >= 0.3 is 5.97 Å². The Hall–Kier alpha value is -2.89. The second kappa shape index (κ2) is 7.99. The third kappa shape index (κ3) is 4.20. The molecule has 1 aromatic carbocycles. The normalized spacial score (nSPS) is 10.5. The molecule has 6 nitrogen and oxygen atoms in total. The third-order valence-corrected chi connectivity index (χ3v) is 4.33. The van der Waals surface area contributed by atoms with Gasteiger partial charge in [-0.05, 0) is 57.4 Å². The SMILES string of the molecule is CC(=O)c1c(C)[nH]c(C(=O)COC(=O)COc2cccc(C)c2C)c1C. The highest BCUT2D eigenvalue weighted by molar-refractivity contribution is 6.04. The van der Waals surface area contributed by atoms with E-state index in [-0.39, 0.29) is 18.1 Å². The molecule has 1 aromatic heterocycles. The summed E-state index contributed by atoms with van der Waals surface area (Å²) in [7, 11) is 0. The van der Waals surface area contributed by atoms with E-state index < -0.39 is 18.4 Å². The van der Waals surface area contributed by atoms with Crippen LogP contribution in [-0.4, -0.2) is 35.7 Å². The first-order valence-electron chi connectivity index (χ1n) is 8.30. The number of ketones is 2. The van der Waals surface area contributed by atoms with Crippen LogP contribution in [-0.2, 0) is 9.53 Å². The third-order valence-electron chi connectivity index (χ3n) is 4.33. The van der Waals surface area contributed by atoms with Crippen molar-refractivity contribution in [3.63, 3.8) is 0 Å². The fraction of sp³-hybridized carbons (Fsp3) is 0.350. The van der Waals surface area contributed by atoms with Crippen molar-refractivity contribution in [1.29, 1.82) is 0 Å². The van der Waals surface area contributed by atoms with Crippen LogP contribution < -0.4 is 4.74 Å². The first-order chi connectivity index (χ1) is 12.2. The maximum atomic E-state index is 12.3. The molecule has 0 radical (unpaired) electrons. The van der Waals surface area contributed by atoms with E-state index in [9.17, 15) is 14.4 Å². The minimum atomic E-state index is -0.632. The molecule has 2 aromatic rings. The number of nitrogens with one attached hydrogen (secondary N) is 1. The molecule has 6 heteroatoms. The fourth-order valence-corrected chi connectivity index (χ4v) is 2.83. The Bertz CT molecular complexity index is 863. The molecular formula is C20H23NO5. The summed E-state index contributed by atoms with van der Waals surface area (Å²) in [6, 6.07) is 5.57. The minimum absolute atomic E-state index is 0.116. The lowest BCUT2D eigenvalue weighted by Crippen LogP contribution is -2.20. The van der Waals surface area contributed by atoms with Gasteiger partial charge in [0.15, 0.2) is 19.0 Å². The molecule has 1 N–H and O–H groups in total. The number of aromatic amines is 1. The zero-order valence-corrected chi connectivity index (χ0v) is 15.7. The number of ether oxygens (including phenoxy) is 2. The minimum Gasteiger partial charge on any atom is -0.482 e. The number of H-pyrrole nitrogens is 1. The second-order valence-electron chi connectivity index (χ2n) is 6.25. The van der Waals surface area contributed by atoms with Gasteiger partial charge in [0, 0.05) is 11.3 Å². The fourth-order valence-electron chi connectivity index (χ4n) is 2.83. The molecule has 0 aliphatic heterocycles. The number of aromatic nitrogens is 1. The predicted octanol–water partition coefficient (Wildman–Crippen LogP) is 3.26. The molecule has 0 bridgehead atoms. The molecule has 26 heavy (non-hydrogen) atoms. The van der Waals surface area contributed by atoms with Gasteiger partial charge in [0.05, 0.1) is 5.69 Å². The quantitative estimate of drug-likeness (QED) is 0.607. The van der Waals surface area contributed by atoms with E-state index in [1.807, 2.05) is 26.0 Å². The average Bonchev–Trinajstić information content (AvgIpc) is 2.88. The molecule has 2 rings (SSSR count). The van der Waals surface area contributed by atoms with Gasteiger partial charge in [-0.1, -0.05) is 12.1 Å². The van der Waals surface area contributed by atoms with Crippen LogP contribution in [0.1, 0.15) is 50.2 Å². The zero-order chi connectivity index (χ0) is 19.4. The van der Waals surface area contributed by atoms with E-state index in [1.165, 1.54) is 6.92 Å². The Kier molecular flexibility index (Phi) is 5.97. The molecule has 0 spiro atoms. The van der Waals surface area contributed by atoms with Crippen LogP contribution in [0, 0.1) is 27.7 Å². The van der Waals surface area contributed by atoms with Crippen molar-refractivity contribution in [3.8, 4) is 5.75 Å². The summed E-state index contributed by atoms with van der Waals surface area (Å²) in [5, 5.41) is 0. The molecule has 138 valence electrons. The van der Waals surface area contributed by atoms with Crippen molar-refractivity contribution in [3.05, 3.63) is 51.8 Å². The molecule has 0 atom stereocenters. The summed E-state index contributed by atoms with van der Waals surface area (Å²) in [5.74, 6) is -0.533. The monoisotopic (exact) mass is 357 g/mol. The van der Waals surface area contributed by atoms with Gasteiger partial charge in [0.1, 0.15) is 5.75 Å². The molecule has 0 unspecified atom stereocenters. The summed E-state index contributed by atoms with van der Waals surface area (Å²) in [6.45, 7) is 8.04. The lowest BCUT2D eigenvalue weighted by Gasteiger charge is -2.10. The Morgan fingerprint density at radius 2 is 1.69 bits per heavy atom. The van der Waals surface area contributed by atoms with E-state index >= 15 is 0 Å². The standard InChI is InChI=1S/C20H23NO5/c1-11-7-6-8-17(12(11)2)25-10-18(24)26-9-16(23)20-13(3)19(15(5)22)14(4)21-20/h6-8,21H,9-10H2,1-5H3. The lowest BCUT2D eigenvalue weighted by molar-refractivity contribution is -0.144. The number of hydrogen-bond donors (Lipinski definition) is 1. The van der Waals surface area contributed by atoms with E-state index in [0.29, 0.717) is 22.6 Å². The maximum Gasteiger partial charge on any atom is 0.344 e. The molecule has 0 saturated carbocycles. The van der Waals surface area contributed by atoms with E-state index in [0.717, 1.165) is 11.1 Å². The number of carbonyl (C=O) groups is 3. The number of Topliss-reactive ketones (excluding diaryl/α,β-unsaturated/α-hetero) is 2. The van der Waals surface area contributed by atoms with Crippen LogP contribution in [0.25, 0.3) is 0 Å². The molecule has 1 heterocycles. The first-order valence-corrected chi connectivity index (χ1v) is 8.30. The van der Waals surface area contributed by atoms with E-state index in [2.05, 4.69) is 4.98 Å². The number of esters is 1. The van der Waals surface area contributed by atoms with Gasteiger partial charge < -0.3 is 14.5 Å². The van der Waals surface area contributed by atoms with E-state index in [1.54, 1.807) is 19.9 Å². The zero-order valence-electron chi connectivity index (χ0n) is 15.7. The number of rotatable bonds is 7. The average molecular weight is 357 g/mol. The van der Waals surface area contributed by atoms with Gasteiger partial charge in [-0.3, -0.25) is 9.59 Å². The Morgan fingerprint density at radius 1 is 1.00 bits per heavy atom. The molecular weight excluding hydrogens is 334 g/mol. The van der Waals surface area contributed by atoms with Crippen molar-refractivity contribution in [2.75, 3.05) is 13.2 Å². The van der Waals surface area contributed by atoms with Crippen LogP contribution in [0.3, 0.4) is 0 Å². The molecule has 0 aliphatic carbocycles. The van der Waals surface area contributed by atoms with Gasteiger partial charge in [-0.2, -0.15) is 0 Å². The van der Waals surface area contributed by atoms with Gasteiger partial charge in [0.2, 0.25) is 5.78 Å². The van der Waals surface area contributed by atoms with Crippen LogP contribution >= 0.6 is 0 Å². The highest BCUT2D eigenvalue weighted by Crippen LogP contribution is 2.21. The topological polar surface area (TPSA) is 85.5 Å². The van der Waals surface area contributed by atoms with Crippen LogP contribution in [0.4, 0.5) is 0 Å². The number of hydrogen-bond acceptors (Lipinski definition) is 5. The summed E-state index contributed by atoms with van der Waals surface area (Å²) >= 11 is 0.